The quantitative estimate of drug-likeness (QED) is 0.664. The minimum Gasteiger partial charge on any atom is -0.353 e. The van der Waals surface area contributed by atoms with E-state index in [9.17, 15) is 9.59 Å². The summed E-state index contributed by atoms with van der Waals surface area (Å²) in [5, 5.41) is 9.35. The molecule has 0 aromatic heterocycles. The molecule has 3 fully saturated rings. The molecule has 100 valence electrons. The van der Waals surface area contributed by atoms with Gasteiger partial charge in [-0.05, 0) is 25.7 Å². The van der Waals surface area contributed by atoms with E-state index in [0.717, 1.165) is 25.7 Å². The molecule has 3 rings (SSSR count). The lowest BCUT2D eigenvalue weighted by atomic mass is 9.87. The molecule has 0 unspecified atom stereocenters. The second kappa shape index (κ2) is 4.88. The zero-order valence-electron chi connectivity index (χ0n) is 10.6. The van der Waals surface area contributed by atoms with Crippen molar-refractivity contribution in [1.82, 2.24) is 16.0 Å². The number of hydrogen-bond donors (Lipinski definition) is 3. The van der Waals surface area contributed by atoms with Crippen LogP contribution in [0.15, 0.2) is 0 Å². The fraction of sp³-hybridized carbons (Fsp3) is 0.846. The second-order valence-electron chi connectivity index (χ2n) is 5.77. The van der Waals surface area contributed by atoms with Crippen molar-refractivity contribution in [3.05, 3.63) is 0 Å². The van der Waals surface area contributed by atoms with Gasteiger partial charge in [0.2, 0.25) is 11.8 Å². The molecule has 0 aromatic carbocycles. The van der Waals surface area contributed by atoms with Crippen LogP contribution in [-0.2, 0) is 9.59 Å². The van der Waals surface area contributed by atoms with Crippen LogP contribution in [-0.4, -0.2) is 36.0 Å². The van der Waals surface area contributed by atoms with E-state index in [2.05, 4.69) is 16.0 Å². The molecule has 2 saturated carbocycles. The van der Waals surface area contributed by atoms with Crippen molar-refractivity contribution in [2.75, 3.05) is 0 Å². The Kier molecular flexibility index (Phi) is 3.24. The first-order valence-electron chi connectivity index (χ1n) is 7.08. The zero-order valence-corrected chi connectivity index (χ0v) is 10.6. The van der Waals surface area contributed by atoms with Crippen molar-refractivity contribution in [2.24, 2.45) is 0 Å². The van der Waals surface area contributed by atoms with Gasteiger partial charge in [0.15, 0.2) is 0 Å². The van der Waals surface area contributed by atoms with E-state index in [1.54, 1.807) is 0 Å². The monoisotopic (exact) mass is 251 g/mol. The van der Waals surface area contributed by atoms with Crippen molar-refractivity contribution in [2.45, 2.75) is 69.1 Å². The molecule has 2 amide bonds. The first kappa shape index (κ1) is 12.0. The fourth-order valence-corrected chi connectivity index (χ4v) is 2.97. The maximum Gasteiger partial charge on any atom is 0.237 e. The maximum absolute atomic E-state index is 11.9. The lowest BCUT2D eigenvalue weighted by molar-refractivity contribution is -0.131. The summed E-state index contributed by atoms with van der Waals surface area (Å²) < 4.78 is 0. The predicted octanol–water partition coefficient (Wildman–Crippen LogP) is 0.0543. The van der Waals surface area contributed by atoms with Crippen LogP contribution in [0.1, 0.15) is 44.9 Å². The van der Waals surface area contributed by atoms with Crippen LogP contribution < -0.4 is 16.0 Å². The molecule has 0 aromatic rings. The third-order valence-corrected chi connectivity index (χ3v) is 4.16. The topological polar surface area (TPSA) is 70.2 Å². The van der Waals surface area contributed by atoms with E-state index in [-0.39, 0.29) is 30.3 Å². The number of amides is 2. The molecule has 3 atom stereocenters. The summed E-state index contributed by atoms with van der Waals surface area (Å²) >= 11 is 0. The minimum atomic E-state index is -0.344. The molecular formula is C13H21N3O2. The number of carbonyl (C=O) groups is 2. The summed E-state index contributed by atoms with van der Waals surface area (Å²) in [4.78, 5) is 23.7. The van der Waals surface area contributed by atoms with Gasteiger partial charge in [-0.3, -0.25) is 9.59 Å². The van der Waals surface area contributed by atoms with E-state index in [0.29, 0.717) is 12.1 Å². The van der Waals surface area contributed by atoms with Gasteiger partial charge in [0.05, 0.1) is 12.5 Å². The Labute approximate surface area is 107 Å². The summed E-state index contributed by atoms with van der Waals surface area (Å²) in [5.74, 6) is -0.0106. The Bertz CT molecular complexity index is 354. The molecule has 0 radical (unpaired) electrons. The van der Waals surface area contributed by atoms with Gasteiger partial charge in [-0.25, -0.2) is 0 Å². The van der Waals surface area contributed by atoms with Crippen molar-refractivity contribution in [3.8, 4) is 0 Å². The summed E-state index contributed by atoms with van der Waals surface area (Å²) in [6.07, 6.45) is 7.00. The van der Waals surface area contributed by atoms with Crippen molar-refractivity contribution < 1.29 is 9.59 Å². The number of hydrogen-bond acceptors (Lipinski definition) is 3. The van der Waals surface area contributed by atoms with Gasteiger partial charge in [-0.15, -0.1) is 0 Å². The van der Waals surface area contributed by atoms with E-state index in [1.165, 1.54) is 12.8 Å². The molecule has 0 spiro atoms. The highest BCUT2D eigenvalue weighted by molar-refractivity contribution is 5.89. The van der Waals surface area contributed by atoms with Crippen LogP contribution in [0.4, 0.5) is 0 Å². The summed E-state index contributed by atoms with van der Waals surface area (Å²) in [5.41, 5.74) is 0. The van der Waals surface area contributed by atoms with Gasteiger partial charge in [0.25, 0.3) is 0 Å². The molecule has 1 saturated heterocycles. The highest BCUT2D eigenvalue weighted by Crippen LogP contribution is 2.23. The molecule has 0 bridgehead atoms. The van der Waals surface area contributed by atoms with Crippen LogP contribution >= 0.6 is 0 Å². The molecule has 3 aliphatic rings. The zero-order chi connectivity index (χ0) is 12.5. The summed E-state index contributed by atoms with van der Waals surface area (Å²) in [7, 11) is 0. The van der Waals surface area contributed by atoms with E-state index >= 15 is 0 Å². The van der Waals surface area contributed by atoms with Gasteiger partial charge in [0, 0.05) is 18.1 Å². The largest absolute Gasteiger partial charge is 0.353 e. The number of carbonyl (C=O) groups excluding carboxylic acids is 2. The van der Waals surface area contributed by atoms with Crippen LogP contribution in [0, 0.1) is 0 Å². The maximum atomic E-state index is 11.9. The number of fused-ring (bicyclic) bond motifs is 1. The second-order valence-corrected chi connectivity index (χ2v) is 5.77. The fourth-order valence-electron chi connectivity index (χ4n) is 2.97. The van der Waals surface area contributed by atoms with Gasteiger partial charge >= 0.3 is 0 Å². The van der Waals surface area contributed by atoms with Crippen LogP contribution in [0.25, 0.3) is 0 Å². The average Bonchev–Trinajstić information content (AvgIpc) is 3.14. The number of nitrogens with one attached hydrogen (secondary N) is 3. The number of rotatable bonds is 3. The third kappa shape index (κ3) is 2.66. The van der Waals surface area contributed by atoms with Crippen molar-refractivity contribution in [3.63, 3.8) is 0 Å². The molecule has 5 nitrogen and oxygen atoms in total. The third-order valence-electron chi connectivity index (χ3n) is 4.16. The Morgan fingerprint density at radius 2 is 1.89 bits per heavy atom. The van der Waals surface area contributed by atoms with Gasteiger partial charge in [0.1, 0.15) is 0 Å². The normalized spacial score (nSPS) is 35.6. The Balaban J connectivity index is 1.54. The number of piperazine rings is 1. The summed E-state index contributed by atoms with van der Waals surface area (Å²) in [6, 6.07) is 0.652. The lowest BCUT2D eigenvalue weighted by Crippen LogP contribution is -2.65. The van der Waals surface area contributed by atoms with Crippen molar-refractivity contribution in [1.29, 1.82) is 0 Å². The Hall–Kier alpha value is -1.10. The molecular weight excluding hydrogens is 230 g/mol. The summed E-state index contributed by atoms with van der Waals surface area (Å²) in [6.45, 7) is 0. The average molecular weight is 251 g/mol. The van der Waals surface area contributed by atoms with E-state index < -0.39 is 0 Å². The smallest absolute Gasteiger partial charge is 0.237 e. The first-order chi connectivity index (χ1) is 8.72. The molecule has 1 aliphatic heterocycles. The Morgan fingerprint density at radius 1 is 1.17 bits per heavy atom. The Morgan fingerprint density at radius 3 is 2.61 bits per heavy atom. The highest BCUT2D eigenvalue weighted by Gasteiger charge is 2.37. The molecule has 3 N–H and O–H groups in total. The lowest BCUT2D eigenvalue weighted by Gasteiger charge is -2.40. The van der Waals surface area contributed by atoms with Gasteiger partial charge in [-0.2, -0.15) is 0 Å². The van der Waals surface area contributed by atoms with Crippen LogP contribution in [0.2, 0.25) is 0 Å². The standard InChI is InChI=1S/C13H21N3O2/c17-12(14-8-5-6-8)7-11-13(18)16-10-4-2-1-3-9(10)15-11/h8-11,15H,1-7H2,(H,14,17)(H,16,18)/t9-,10+,11-/m1/s1. The van der Waals surface area contributed by atoms with E-state index in [1.807, 2.05) is 0 Å². The van der Waals surface area contributed by atoms with Gasteiger partial charge in [-0.1, -0.05) is 12.8 Å². The molecule has 2 aliphatic carbocycles. The first-order valence-corrected chi connectivity index (χ1v) is 7.08. The van der Waals surface area contributed by atoms with Crippen LogP contribution in [0.5, 0.6) is 0 Å². The minimum absolute atomic E-state index is 0.000547. The molecule has 1 heterocycles. The SMILES string of the molecule is O=C(C[C@H]1N[C@@H]2CCCC[C@@H]2NC1=O)NC1CC1. The van der Waals surface area contributed by atoms with Crippen LogP contribution in [0.3, 0.4) is 0 Å². The van der Waals surface area contributed by atoms with Crippen molar-refractivity contribution >= 4 is 11.8 Å². The highest BCUT2D eigenvalue weighted by atomic mass is 16.2. The van der Waals surface area contributed by atoms with E-state index in [4.69, 9.17) is 0 Å². The molecule has 5 heteroatoms. The predicted molar refractivity (Wildman–Crippen MR) is 66.9 cm³/mol. The van der Waals surface area contributed by atoms with Gasteiger partial charge < -0.3 is 16.0 Å². The molecule has 18 heavy (non-hydrogen) atoms.